The summed E-state index contributed by atoms with van der Waals surface area (Å²) in [5.41, 5.74) is 0.287. The molecule has 29 heavy (non-hydrogen) atoms. The van der Waals surface area contributed by atoms with Gasteiger partial charge in [-0.2, -0.15) is 0 Å². The third kappa shape index (κ3) is 2.48. The van der Waals surface area contributed by atoms with Gasteiger partial charge in [0.05, 0.1) is 19.8 Å². The Morgan fingerprint density at radius 1 is 1.21 bits per heavy atom. The number of hydrogen-bond donors (Lipinski definition) is 0. The minimum atomic E-state index is -0.579. The van der Waals surface area contributed by atoms with Crippen LogP contribution in [0.3, 0.4) is 0 Å². The van der Waals surface area contributed by atoms with Gasteiger partial charge >= 0.3 is 0 Å². The normalized spacial score (nSPS) is 35.9. The Labute approximate surface area is 172 Å². The molecule has 156 valence electrons. The van der Waals surface area contributed by atoms with Crippen LogP contribution in [0.1, 0.15) is 38.2 Å². The molecule has 5 rings (SSSR count). The average Bonchev–Trinajstić information content (AvgIpc) is 3.28. The van der Waals surface area contributed by atoms with E-state index >= 15 is 0 Å². The summed E-state index contributed by atoms with van der Waals surface area (Å²) in [7, 11) is 1.66. The van der Waals surface area contributed by atoms with Crippen LogP contribution >= 0.6 is 0 Å². The lowest BCUT2D eigenvalue weighted by atomic mass is 9.60. The van der Waals surface area contributed by atoms with Crippen molar-refractivity contribution in [3.63, 3.8) is 0 Å². The van der Waals surface area contributed by atoms with Crippen molar-refractivity contribution in [1.82, 2.24) is 9.80 Å². The lowest BCUT2D eigenvalue weighted by molar-refractivity contribution is -0.139. The van der Waals surface area contributed by atoms with E-state index in [1.165, 1.54) is 0 Å². The monoisotopic (exact) mass is 398 g/mol. The van der Waals surface area contributed by atoms with Crippen LogP contribution in [0.25, 0.3) is 0 Å². The molecule has 0 aromatic heterocycles. The van der Waals surface area contributed by atoms with Crippen molar-refractivity contribution in [2.45, 2.75) is 50.8 Å². The molecule has 1 saturated carbocycles. The molecule has 1 aromatic carbocycles. The zero-order valence-electron chi connectivity index (χ0n) is 17.4. The van der Waals surface area contributed by atoms with Gasteiger partial charge in [-0.3, -0.25) is 14.5 Å². The van der Waals surface area contributed by atoms with Gasteiger partial charge in [0.25, 0.3) is 0 Å². The van der Waals surface area contributed by atoms with E-state index in [2.05, 4.69) is 11.8 Å². The zero-order valence-corrected chi connectivity index (χ0v) is 17.4. The SMILES string of the molecule is CCCCN1C[C@@H]2CC(=O)C[C@H]3OC[C@@]14C(=O)N(Cc1ccc(OC)cc1)C[C@@]234. The van der Waals surface area contributed by atoms with Crippen molar-refractivity contribution in [2.24, 2.45) is 11.3 Å². The summed E-state index contributed by atoms with van der Waals surface area (Å²) < 4.78 is 11.4. The fraction of sp³-hybridized carbons (Fsp3) is 0.652. The van der Waals surface area contributed by atoms with E-state index in [9.17, 15) is 9.59 Å². The summed E-state index contributed by atoms with van der Waals surface area (Å²) in [4.78, 5) is 30.7. The minimum Gasteiger partial charge on any atom is -0.497 e. The second-order valence-electron chi connectivity index (χ2n) is 9.15. The van der Waals surface area contributed by atoms with E-state index in [4.69, 9.17) is 9.47 Å². The minimum absolute atomic E-state index is 0.120. The Kier molecular flexibility index (Phi) is 4.48. The topological polar surface area (TPSA) is 59.1 Å². The van der Waals surface area contributed by atoms with Crippen LogP contribution in [0.15, 0.2) is 24.3 Å². The summed E-state index contributed by atoms with van der Waals surface area (Å²) in [5, 5.41) is 0. The van der Waals surface area contributed by atoms with Gasteiger partial charge in [0, 0.05) is 37.9 Å². The van der Waals surface area contributed by atoms with Gasteiger partial charge in [-0.05, 0) is 36.6 Å². The molecule has 3 heterocycles. The largest absolute Gasteiger partial charge is 0.497 e. The molecule has 3 saturated heterocycles. The summed E-state index contributed by atoms with van der Waals surface area (Å²) >= 11 is 0. The van der Waals surface area contributed by atoms with Gasteiger partial charge < -0.3 is 14.4 Å². The van der Waals surface area contributed by atoms with Crippen LogP contribution in [0.2, 0.25) is 0 Å². The van der Waals surface area contributed by atoms with Crippen LogP contribution in [-0.4, -0.2) is 66.5 Å². The lowest BCUT2D eigenvalue weighted by Gasteiger charge is -2.41. The predicted molar refractivity (Wildman–Crippen MR) is 108 cm³/mol. The highest BCUT2D eigenvalue weighted by molar-refractivity contribution is 5.93. The summed E-state index contributed by atoms with van der Waals surface area (Å²) in [6, 6.07) is 7.94. The highest BCUT2D eigenvalue weighted by Gasteiger charge is 2.79. The van der Waals surface area contributed by atoms with Crippen LogP contribution in [0, 0.1) is 11.3 Å². The van der Waals surface area contributed by atoms with Crippen LogP contribution < -0.4 is 4.74 Å². The molecular weight excluding hydrogens is 368 g/mol. The zero-order chi connectivity index (χ0) is 20.2. The molecular formula is C23H30N2O4. The average molecular weight is 399 g/mol. The molecule has 3 aliphatic heterocycles. The Hall–Kier alpha value is -1.92. The fourth-order valence-electron chi connectivity index (χ4n) is 6.51. The van der Waals surface area contributed by atoms with Gasteiger partial charge in [0.2, 0.25) is 5.91 Å². The van der Waals surface area contributed by atoms with E-state index in [1.807, 2.05) is 29.2 Å². The van der Waals surface area contributed by atoms with E-state index in [1.54, 1.807) is 7.11 Å². The molecule has 1 amide bonds. The Morgan fingerprint density at radius 3 is 2.72 bits per heavy atom. The highest BCUT2D eigenvalue weighted by atomic mass is 16.5. The number of carbonyl (C=O) groups excluding carboxylic acids is 2. The molecule has 1 aliphatic carbocycles. The number of carbonyl (C=O) groups is 2. The molecule has 6 nitrogen and oxygen atoms in total. The van der Waals surface area contributed by atoms with Crippen LogP contribution in [-0.2, 0) is 20.9 Å². The summed E-state index contributed by atoms with van der Waals surface area (Å²) in [6.07, 6.45) is 3.09. The highest BCUT2D eigenvalue weighted by Crippen LogP contribution is 2.64. The first-order valence-corrected chi connectivity index (χ1v) is 10.9. The van der Waals surface area contributed by atoms with Crippen molar-refractivity contribution in [2.75, 3.05) is 33.4 Å². The molecule has 0 bridgehead atoms. The first-order chi connectivity index (χ1) is 14.0. The van der Waals surface area contributed by atoms with Gasteiger partial charge in [-0.1, -0.05) is 25.5 Å². The number of hydrogen-bond acceptors (Lipinski definition) is 5. The Bertz CT molecular complexity index is 825. The number of nitrogens with zero attached hydrogens (tertiary/aromatic N) is 2. The Morgan fingerprint density at radius 2 is 2.00 bits per heavy atom. The number of Topliss-reactive ketones (excluding diaryl/α,β-unsaturated/α-hetero) is 1. The lowest BCUT2D eigenvalue weighted by Crippen LogP contribution is -2.59. The van der Waals surface area contributed by atoms with Crippen molar-refractivity contribution in [3.05, 3.63) is 29.8 Å². The number of amides is 1. The van der Waals surface area contributed by atoms with E-state index in [-0.39, 0.29) is 23.3 Å². The van der Waals surface area contributed by atoms with Crippen molar-refractivity contribution in [1.29, 1.82) is 0 Å². The van der Waals surface area contributed by atoms with Gasteiger partial charge in [-0.25, -0.2) is 0 Å². The molecule has 1 spiro atoms. The maximum Gasteiger partial charge on any atom is 0.246 e. The molecule has 1 aromatic rings. The maximum atomic E-state index is 13.9. The number of ketones is 1. The van der Waals surface area contributed by atoms with E-state index < -0.39 is 5.54 Å². The summed E-state index contributed by atoms with van der Waals surface area (Å²) in [5.74, 6) is 1.53. The number of likely N-dealkylation sites (tertiary alicyclic amines) is 2. The second kappa shape index (κ2) is 6.81. The van der Waals surface area contributed by atoms with Crippen LogP contribution in [0.5, 0.6) is 5.75 Å². The molecule has 0 N–H and O–H groups in total. The third-order valence-electron chi connectivity index (χ3n) is 7.84. The van der Waals surface area contributed by atoms with Crippen molar-refractivity contribution in [3.8, 4) is 5.75 Å². The molecule has 4 aliphatic rings. The first kappa shape index (κ1) is 19.1. The van der Waals surface area contributed by atoms with E-state index in [0.29, 0.717) is 38.3 Å². The van der Waals surface area contributed by atoms with Crippen molar-refractivity contribution < 1.29 is 19.1 Å². The van der Waals surface area contributed by atoms with Crippen molar-refractivity contribution >= 4 is 11.7 Å². The number of benzene rings is 1. The molecule has 6 heteroatoms. The van der Waals surface area contributed by atoms with E-state index in [0.717, 1.165) is 37.2 Å². The quantitative estimate of drug-likeness (QED) is 0.736. The Balaban J connectivity index is 1.49. The molecule has 4 fully saturated rings. The number of unbranched alkanes of at least 4 members (excludes halogenated alkanes) is 1. The predicted octanol–water partition coefficient (Wildman–Crippen LogP) is 2.26. The molecule has 4 atom stereocenters. The fourth-order valence-corrected chi connectivity index (χ4v) is 6.51. The van der Waals surface area contributed by atoms with Gasteiger partial charge in [0.15, 0.2) is 0 Å². The summed E-state index contributed by atoms with van der Waals surface area (Å²) in [6.45, 7) is 5.67. The van der Waals surface area contributed by atoms with Gasteiger partial charge in [-0.15, -0.1) is 0 Å². The number of ether oxygens (including phenoxy) is 2. The third-order valence-corrected chi connectivity index (χ3v) is 7.84. The molecule has 0 unspecified atom stereocenters. The van der Waals surface area contributed by atoms with Gasteiger partial charge in [0.1, 0.15) is 17.1 Å². The first-order valence-electron chi connectivity index (χ1n) is 10.9. The smallest absolute Gasteiger partial charge is 0.246 e. The van der Waals surface area contributed by atoms with Crippen LogP contribution in [0.4, 0.5) is 0 Å². The standard InChI is InChI=1S/C23H30N2O4/c1-3-4-9-25-13-17-10-18(26)11-20-22(17)14-24(21(27)23(22,25)15-29-20)12-16-5-7-19(28-2)8-6-16/h5-8,17,20H,3-4,9-15H2,1-2H3/t17-,20+,22+,23-/m0/s1. The second-order valence-corrected chi connectivity index (χ2v) is 9.15. The number of methoxy groups -OCH3 is 1. The maximum absolute atomic E-state index is 13.9. The molecule has 0 radical (unpaired) electrons. The number of rotatable bonds is 6.